The summed E-state index contributed by atoms with van der Waals surface area (Å²) in [6.45, 7) is 5.30. The number of benzene rings is 1. The first-order valence-corrected chi connectivity index (χ1v) is 7.35. The van der Waals surface area contributed by atoms with Crippen LogP contribution in [0.1, 0.15) is 31.7 Å². The fourth-order valence-corrected chi connectivity index (χ4v) is 3.00. The Morgan fingerprint density at radius 1 is 1.33 bits per heavy atom. The van der Waals surface area contributed by atoms with Crippen LogP contribution in [0.3, 0.4) is 0 Å². The van der Waals surface area contributed by atoms with Crippen LogP contribution in [0.15, 0.2) is 18.2 Å². The molecule has 18 heavy (non-hydrogen) atoms. The van der Waals surface area contributed by atoms with Gasteiger partial charge in [-0.1, -0.05) is 24.9 Å². The highest BCUT2D eigenvalue weighted by Gasteiger charge is 2.19. The summed E-state index contributed by atoms with van der Waals surface area (Å²) in [4.78, 5) is 2.49. The SMILES string of the molecule is CCC1CCN(c2ccc(Cl)cc2CCN)CC1. The van der Waals surface area contributed by atoms with E-state index in [0.717, 1.165) is 30.5 Å². The van der Waals surface area contributed by atoms with Gasteiger partial charge in [0.25, 0.3) is 0 Å². The first-order chi connectivity index (χ1) is 8.74. The molecule has 0 amide bonds. The maximum absolute atomic E-state index is 6.08. The minimum Gasteiger partial charge on any atom is -0.371 e. The Morgan fingerprint density at radius 3 is 2.67 bits per heavy atom. The van der Waals surface area contributed by atoms with Crippen molar-refractivity contribution in [3.63, 3.8) is 0 Å². The lowest BCUT2D eigenvalue weighted by Gasteiger charge is -2.34. The van der Waals surface area contributed by atoms with Crippen LogP contribution < -0.4 is 10.6 Å². The summed E-state index contributed by atoms with van der Waals surface area (Å²) >= 11 is 6.08. The summed E-state index contributed by atoms with van der Waals surface area (Å²) in [7, 11) is 0. The summed E-state index contributed by atoms with van der Waals surface area (Å²) in [5.74, 6) is 0.909. The standard InChI is InChI=1S/C15H23ClN2/c1-2-12-6-9-18(10-7-12)15-4-3-14(16)11-13(15)5-8-17/h3-4,11-12H,2,5-10,17H2,1H3. The van der Waals surface area contributed by atoms with E-state index in [1.165, 1.54) is 30.5 Å². The number of halogens is 1. The molecule has 0 unspecified atom stereocenters. The summed E-state index contributed by atoms with van der Waals surface area (Å²) in [6, 6.07) is 6.21. The molecule has 1 aliphatic heterocycles. The maximum atomic E-state index is 6.08. The predicted molar refractivity (Wildman–Crippen MR) is 79.4 cm³/mol. The largest absolute Gasteiger partial charge is 0.371 e. The number of anilines is 1. The van der Waals surface area contributed by atoms with E-state index in [-0.39, 0.29) is 0 Å². The molecular weight excluding hydrogens is 244 g/mol. The van der Waals surface area contributed by atoms with E-state index < -0.39 is 0 Å². The molecule has 0 radical (unpaired) electrons. The van der Waals surface area contributed by atoms with Crippen molar-refractivity contribution >= 4 is 17.3 Å². The predicted octanol–water partition coefficient (Wildman–Crippen LogP) is 3.47. The minimum atomic E-state index is 0.679. The topological polar surface area (TPSA) is 29.3 Å². The molecule has 1 aromatic carbocycles. The normalized spacial score (nSPS) is 17.2. The Kier molecular flexibility index (Phi) is 4.90. The van der Waals surface area contributed by atoms with Gasteiger partial charge in [0.15, 0.2) is 0 Å². The van der Waals surface area contributed by atoms with Crippen LogP contribution in [0.25, 0.3) is 0 Å². The van der Waals surface area contributed by atoms with Gasteiger partial charge in [0.2, 0.25) is 0 Å². The Hall–Kier alpha value is -0.730. The van der Waals surface area contributed by atoms with Crippen molar-refractivity contribution in [2.24, 2.45) is 11.7 Å². The lowest BCUT2D eigenvalue weighted by molar-refractivity contribution is 0.395. The number of piperidine rings is 1. The van der Waals surface area contributed by atoms with Gasteiger partial charge >= 0.3 is 0 Å². The molecule has 0 atom stereocenters. The van der Waals surface area contributed by atoms with E-state index in [1.807, 2.05) is 6.07 Å². The van der Waals surface area contributed by atoms with E-state index in [0.29, 0.717) is 6.54 Å². The lowest BCUT2D eigenvalue weighted by atomic mass is 9.93. The van der Waals surface area contributed by atoms with Gasteiger partial charge in [-0.05, 0) is 55.5 Å². The van der Waals surface area contributed by atoms with Crippen molar-refractivity contribution in [3.8, 4) is 0 Å². The molecule has 2 rings (SSSR count). The summed E-state index contributed by atoms with van der Waals surface area (Å²) in [5.41, 5.74) is 8.32. The summed E-state index contributed by atoms with van der Waals surface area (Å²) in [5, 5.41) is 0.811. The fraction of sp³-hybridized carbons (Fsp3) is 0.600. The molecule has 1 aromatic rings. The molecule has 0 aromatic heterocycles. The molecule has 0 saturated carbocycles. The molecule has 1 saturated heterocycles. The Morgan fingerprint density at radius 2 is 2.06 bits per heavy atom. The van der Waals surface area contributed by atoms with Gasteiger partial charge in [0.05, 0.1) is 0 Å². The zero-order chi connectivity index (χ0) is 13.0. The molecule has 3 heteroatoms. The second kappa shape index (κ2) is 6.44. The van der Waals surface area contributed by atoms with Gasteiger partial charge in [-0.25, -0.2) is 0 Å². The quantitative estimate of drug-likeness (QED) is 0.904. The third-order valence-corrected chi connectivity index (χ3v) is 4.22. The van der Waals surface area contributed by atoms with Gasteiger partial charge in [0, 0.05) is 23.8 Å². The van der Waals surface area contributed by atoms with Crippen molar-refractivity contribution in [2.45, 2.75) is 32.6 Å². The molecule has 1 aliphatic rings. The molecule has 100 valence electrons. The average Bonchev–Trinajstić information content (AvgIpc) is 2.40. The maximum Gasteiger partial charge on any atom is 0.0410 e. The molecule has 0 bridgehead atoms. The first-order valence-electron chi connectivity index (χ1n) is 6.98. The molecule has 1 fully saturated rings. The van der Waals surface area contributed by atoms with Crippen molar-refractivity contribution in [1.82, 2.24) is 0 Å². The molecule has 1 heterocycles. The summed E-state index contributed by atoms with van der Waals surface area (Å²) < 4.78 is 0. The molecule has 0 spiro atoms. The van der Waals surface area contributed by atoms with Crippen molar-refractivity contribution in [3.05, 3.63) is 28.8 Å². The van der Waals surface area contributed by atoms with Crippen LogP contribution in [0.2, 0.25) is 5.02 Å². The van der Waals surface area contributed by atoms with Crippen LogP contribution in [-0.2, 0) is 6.42 Å². The second-order valence-electron chi connectivity index (χ2n) is 5.15. The number of hydrogen-bond acceptors (Lipinski definition) is 2. The van der Waals surface area contributed by atoms with Crippen molar-refractivity contribution in [1.29, 1.82) is 0 Å². The number of nitrogens with two attached hydrogens (primary N) is 1. The van der Waals surface area contributed by atoms with Crippen LogP contribution in [0.5, 0.6) is 0 Å². The highest BCUT2D eigenvalue weighted by molar-refractivity contribution is 6.30. The Bertz CT molecular complexity index is 384. The highest BCUT2D eigenvalue weighted by Crippen LogP contribution is 2.29. The third-order valence-electron chi connectivity index (χ3n) is 3.99. The monoisotopic (exact) mass is 266 g/mol. The van der Waals surface area contributed by atoms with Gasteiger partial charge < -0.3 is 10.6 Å². The number of nitrogens with zero attached hydrogens (tertiary/aromatic N) is 1. The van der Waals surface area contributed by atoms with Gasteiger partial charge in [-0.3, -0.25) is 0 Å². The molecular formula is C15H23ClN2. The highest BCUT2D eigenvalue weighted by atomic mass is 35.5. The van der Waals surface area contributed by atoms with Gasteiger partial charge in [0.1, 0.15) is 0 Å². The van der Waals surface area contributed by atoms with Crippen molar-refractivity contribution < 1.29 is 0 Å². The van der Waals surface area contributed by atoms with E-state index in [9.17, 15) is 0 Å². The van der Waals surface area contributed by atoms with E-state index in [4.69, 9.17) is 17.3 Å². The molecule has 0 aliphatic carbocycles. The minimum absolute atomic E-state index is 0.679. The van der Waals surface area contributed by atoms with E-state index in [2.05, 4.69) is 24.0 Å². The fourth-order valence-electron chi connectivity index (χ4n) is 2.80. The van der Waals surface area contributed by atoms with Crippen LogP contribution in [0, 0.1) is 5.92 Å². The molecule has 2 nitrogen and oxygen atoms in total. The lowest BCUT2D eigenvalue weighted by Crippen LogP contribution is -2.34. The first kappa shape index (κ1) is 13.7. The smallest absolute Gasteiger partial charge is 0.0410 e. The van der Waals surface area contributed by atoms with Crippen LogP contribution in [0.4, 0.5) is 5.69 Å². The molecule has 2 N–H and O–H groups in total. The van der Waals surface area contributed by atoms with Crippen molar-refractivity contribution in [2.75, 3.05) is 24.5 Å². The zero-order valence-corrected chi connectivity index (χ0v) is 11.9. The van der Waals surface area contributed by atoms with Crippen LogP contribution >= 0.6 is 11.6 Å². The Labute approximate surface area is 115 Å². The zero-order valence-electron chi connectivity index (χ0n) is 11.2. The summed E-state index contributed by atoms with van der Waals surface area (Å²) in [6.07, 6.45) is 4.83. The second-order valence-corrected chi connectivity index (χ2v) is 5.59. The average molecular weight is 267 g/mol. The van der Waals surface area contributed by atoms with E-state index >= 15 is 0 Å². The van der Waals surface area contributed by atoms with Gasteiger partial charge in [-0.2, -0.15) is 0 Å². The Balaban J connectivity index is 2.13. The third kappa shape index (κ3) is 3.18. The number of rotatable bonds is 4. The van der Waals surface area contributed by atoms with E-state index in [1.54, 1.807) is 0 Å². The number of hydrogen-bond donors (Lipinski definition) is 1. The van der Waals surface area contributed by atoms with Gasteiger partial charge in [-0.15, -0.1) is 0 Å². The van der Waals surface area contributed by atoms with Crippen LogP contribution in [-0.4, -0.2) is 19.6 Å².